The van der Waals surface area contributed by atoms with Crippen molar-refractivity contribution in [2.24, 2.45) is 0 Å². The number of rotatable bonds is 7. The number of ether oxygens (including phenoxy) is 1. The molecular formula is C17H21Cl2N5OS. The molecule has 0 spiro atoms. The van der Waals surface area contributed by atoms with Crippen molar-refractivity contribution in [2.45, 2.75) is 6.73 Å². The molecule has 0 saturated heterocycles. The molecule has 3 rings (SSSR count). The molecule has 0 saturated carbocycles. The standard InChI is InChI=1S/C17H21Cl2N5OS/c1-26(2,3)8-7-25-11-24-15-6-4-5-14(12(15)9-21-24)22-16-13(18)10-20-17(19)23-16/h4-6,9-10H,7-8,11H2,1-3H3,(H,20,22,23). The highest BCUT2D eigenvalue weighted by Crippen LogP contribution is 2.33. The van der Waals surface area contributed by atoms with E-state index >= 15 is 0 Å². The molecule has 0 radical (unpaired) electrons. The van der Waals surface area contributed by atoms with Crippen molar-refractivity contribution >= 4 is 55.6 Å². The Morgan fingerprint density at radius 2 is 2.00 bits per heavy atom. The highest BCUT2D eigenvalue weighted by Gasteiger charge is 2.11. The van der Waals surface area contributed by atoms with Crippen LogP contribution in [0.25, 0.3) is 10.9 Å². The van der Waals surface area contributed by atoms with Gasteiger partial charge < -0.3 is 10.1 Å². The van der Waals surface area contributed by atoms with Crippen LogP contribution in [-0.4, -0.2) is 50.9 Å². The summed E-state index contributed by atoms with van der Waals surface area (Å²) in [4.78, 5) is 7.98. The maximum atomic E-state index is 6.14. The van der Waals surface area contributed by atoms with Gasteiger partial charge in [-0.25, -0.2) is 19.7 Å². The maximum absolute atomic E-state index is 6.14. The monoisotopic (exact) mass is 413 g/mol. The Morgan fingerprint density at radius 3 is 2.77 bits per heavy atom. The molecule has 0 atom stereocenters. The molecule has 26 heavy (non-hydrogen) atoms. The van der Waals surface area contributed by atoms with E-state index in [0.29, 0.717) is 17.6 Å². The summed E-state index contributed by atoms with van der Waals surface area (Å²) in [5.41, 5.74) is 1.80. The Bertz CT molecular complexity index is 910. The molecule has 0 fully saturated rings. The van der Waals surface area contributed by atoms with Crippen molar-refractivity contribution in [3.8, 4) is 0 Å². The van der Waals surface area contributed by atoms with Gasteiger partial charge in [0.25, 0.3) is 0 Å². The van der Waals surface area contributed by atoms with Crippen LogP contribution in [0.4, 0.5) is 11.5 Å². The summed E-state index contributed by atoms with van der Waals surface area (Å²) < 4.78 is 7.64. The smallest absolute Gasteiger partial charge is 0.224 e. The van der Waals surface area contributed by atoms with Gasteiger partial charge in [0, 0.05) is 11.1 Å². The molecule has 3 aromatic rings. The van der Waals surface area contributed by atoms with Crippen LogP contribution in [0, 0.1) is 0 Å². The van der Waals surface area contributed by atoms with Crippen molar-refractivity contribution in [2.75, 3.05) is 36.4 Å². The summed E-state index contributed by atoms with van der Waals surface area (Å²) in [5, 5.41) is 9.11. The molecule has 0 amide bonds. The van der Waals surface area contributed by atoms with Crippen LogP contribution in [0.2, 0.25) is 10.3 Å². The second kappa shape index (κ2) is 8.00. The molecule has 6 nitrogen and oxygen atoms in total. The van der Waals surface area contributed by atoms with Crippen molar-refractivity contribution in [1.82, 2.24) is 19.7 Å². The van der Waals surface area contributed by atoms with Crippen LogP contribution in [0.3, 0.4) is 0 Å². The third-order valence-electron chi connectivity index (χ3n) is 3.71. The van der Waals surface area contributed by atoms with Crippen molar-refractivity contribution in [3.05, 3.63) is 40.9 Å². The van der Waals surface area contributed by atoms with E-state index in [4.69, 9.17) is 27.9 Å². The lowest BCUT2D eigenvalue weighted by atomic mass is 10.2. The molecule has 0 aliphatic heterocycles. The summed E-state index contributed by atoms with van der Waals surface area (Å²) in [7, 11) is -0.557. The van der Waals surface area contributed by atoms with Gasteiger partial charge in [-0.3, -0.25) is 0 Å². The molecule has 9 heteroatoms. The lowest BCUT2D eigenvalue weighted by Gasteiger charge is -2.24. The zero-order valence-electron chi connectivity index (χ0n) is 14.9. The molecule has 2 aromatic heterocycles. The Morgan fingerprint density at radius 1 is 1.19 bits per heavy atom. The molecule has 0 unspecified atom stereocenters. The lowest BCUT2D eigenvalue weighted by molar-refractivity contribution is 0.0841. The molecule has 140 valence electrons. The first kappa shape index (κ1) is 19.2. The molecule has 0 bridgehead atoms. The van der Waals surface area contributed by atoms with Crippen LogP contribution < -0.4 is 5.32 Å². The number of nitrogens with one attached hydrogen (secondary N) is 1. The minimum atomic E-state index is -0.557. The van der Waals surface area contributed by atoms with E-state index < -0.39 is 10.0 Å². The van der Waals surface area contributed by atoms with Gasteiger partial charge in [-0.1, -0.05) is 17.7 Å². The lowest BCUT2D eigenvalue weighted by Crippen LogP contribution is -2.10. The summed E-state index contributed by atoms with van der Waals surface area (Å²) in [5.74, 6) is 1.53. The second-order valence-corrected chi connectivity index (χ2v) is 12.0. The third-order valence-corrected chi connectivity index (χ3v) is 5.56. The quantitative estimate of drug-likeness (QED) is 0.454. The molecular weight excluding hydrogens is 393 g/mol. The van der Waals surface area contributed by atoms with Crippen molar-refractivity contribution in [1.29, 1.82) is 0 Å². The van der Waals surface area contributed by atoms with Gasteiger partial charge in [0.1, 0.15) is 11.8 Å². The average molecular weight is 414 g/mol. The van der Waals surface area contributed by atoms with Gasteiger partial charge in [0.05, 0.1) is 30.2 Å². The number of benzene rings is 1. The number of fused-ring (bicyclic) bond motifs is 1. The van der Waals surface area contributed by atoms with E-state index in [9.17, 15) is 0 Å². The van der Waals surface area contributed by atoms with E-state index in [1.165, 1.54) is 6.20 Å². The summed E-state index contributed by atoms with van der Waals surface area (Å²) >= 11 is 12.0. The third kappa shape index (κ3) is 4.79. The first-order valence-corrected chi connectivity index (χ1v) is 11.7. The number of nitrogens with zero attached hydrogens (tertiary/aromatic N) is 4. The van der Waals surface area contributed by atoms with Crippen LogP contribution in [0.5, 0.6) is 0 Å². The van der Waals surface area contributed by atoms with Gasteiger partial charge in [-0.15, -0.1) is 0 Å². The van der Waals surface area contributed by atoms with Crippen LogP contribution >= 0.6 is 33.2 Å². The second-order valence-electron chi connectivity index (χ2n) is 6.68. The van der Waals surface area contributed by atoms with E-state index in [1.54, 1.807) is 6.20 Å². The fraction of sp³-hybridized carbons (Fsp3) is 0.353. The fourth-order valence-corrected chi connectivity index (χ4v) is 3.23. The average Bonchev–Trinajstić information content (AvgIpc) is 2.98. The summed E-state index contributed by atoms with van der Waals surface area (Å²) in [6, 6.07) is 5.88. The SMILES string of the molecule is CS(C)(C)CCOCn1ncc2c(Nc3nc(Cl)ncc3Cl)cccc21. The topological polar surface area (TPSA) is 64.9 Å². The minimum Gasteiger partial charge on any atom is -0.358 e. The largest absolute Gasteiger partial charge is 0.358 e. The minimum absolute atomic E-state index is 0.133. The van der Waals surface area contributed by atoms with E-state index in [1.807, 2.05) is 22.9 Å². The van der Waals surface area contributed by atoms with Gasteiger partial charge in [0.2, 0.25) is 5.28 Å². The molecule has 2 heterocycles. The highest BCUT2D eigenvalue weighted by molar-refractivity contribution is 8.32. The molecule has 0 aliphatic rings. The van der Waals surface area contributed by atoms with Crippen LogP contribution in [0.1, 0.15) is 0 Å². The van der Waals surface area contributed by atoms with Crippen LogP contribution in [0.15, 0.2) is 30.6 Å². The molecule has 0 aliphatic carbocycles. The van der Waals surface area contributed by atoms with Gasteiger partial charge in [-0.2, -0.15) is 10.1 Å². The molecule has 1 N–H and O–H groups in total. The van der Waals surface area contributed by atoms with Crippen molar-refractivity contribution < 1.29 is 4.74 Å². The predicted molar refractivity (Wildman–Crippen MR) is 111 cm³/mol. The Hall–Kier alpha value is -1.54. The number of hydrogen-bond donors (Lipinski definition) is 1. The fourth-order valence-electron chi connectivity index (χ4n) is 2.34. The first-order valence-electron chi connectivity index (χ1n) is 7.97. The first-order chi connectivity index (χ1) is 12.3. The van der Waals surface area contributed by atoms with E-state index in [2.05, 4.69) is 39.2 Å². The van der Waals surface area contributed by atoms with Gasteiger partial charge in [0.15, 0.2) is 5.82 Å². The zero-order chi connectivity index (χ0) is 18.7. The van der Waals surface area contributed by atoms with Gasteiger partial charge >= 0.3 is 0 Å². The Labute approximate surface area is 164 Å². The number of anilines is 2. The Balaban J connectivity index is 1.77. The van der Waals surface area contributed by atoms with E-state index in [-0.39, 0.29) is 5.28 Å². The molecule has 1 aromatic carbocycles. The predicted octanol–water partition coefficient (Wildman–Crippen LogP) is 4.54. The number of hydrogen-bond acceptors (Lipinski definition) is 5. The van der Waals surface area contributed by atoms with Crippen molar-refractivity contribution in [3.63, 3.8) is 0 Å². The maximum Gasteiger partial charge on any atom is 0.224 e. The van der Waals surface area contributed by atoms with Gasteiger partial charge in [-0.05, 0) is 42.5 Å². The zero-order valence-corrected chi connectivity index (χ0v) is 17.2. The Kier molecular flexibility index (Phi) is 5.92. The van der Waals surface area contributed by atoms with Crippen LogP contribution in [-0.2, 0) is 11.5 Å². The summed E-state index contributed by atoms with van der Waals surface area (Å²) in [6.45, 7) is 1.15. The summed E-state index contributed by atoms with van der Waals surface area (Å²) in [6.07, 6.45) is 10.1. The van der Waals surface area contributed by atoms with E-state index in [0.717, 1.165) is 29.0 Å². The normalized spacial score (nSPS) is 12.5. The highest BCUT2D eigenvalue weighted by atomic mass is 35.5. The number of aromatic nitrogens is 4. The number of halogens is 2.